The highest BCUT2D eigenvalue weighted by atomic mass is 16.5. The summed E-state index contributed by atoms with van der Waals surface area (Å²) in [5.41, 5.74) is 0.640. The Morgan fingerprint density at radius 2 is 2.00 bits per heavy atom. The molecule has 1 atom stereocenters. The average molecular weight is 350 g/mol. The topological polar surface area (TPSA) is 77.1 Å². The molecule has 25 heavy (non-hydrogen) atoms. The first-order valence-corrected chi connectivity index (χ1v) is 8.48. The number of piperidine rings is 1. The van der Waals surface area contributed by atoms with Crippen LogP contribution >= 0.6 is 0 Å². The molecule has 1 amide bonds. The van der Waals surface area contributed by atoms with Crippen LogP contribution < -0.4 is 14.8 Å². The number of anilines is 1. The van der Waals surface area contributed by atoms with Crippen LogP contribution in [-0.4, -0.2) is 57.2 Å². The fourth-order valence-electron chi connectivity index (χ4n) is 2.97. The second-order valence-electron chi connectivity index (χ2n) is 5.94. The molecule has 1 saturated heterocycles. The molecule has 0 aliphatic carbocycles. The molecule has 0 radical (unpaired) electrons. The Morgan fingerprint density at radius 1 is 1.24 bits per heavy atom. The van der Waals surface area contributed by atoms with Gasteiger partial charge in [-0.1, -0.05) is 0 Å². The number of hydrogen-bond acceptors (Lipinski definition) is 6. The van der Waals surface area contributed by atoms with Crippen LogP contribution in [0.2, 0.25) is 0 Å². The fraction of sp³-hybridized carbons (Fsp3) is 0.556. The number of nitrogens with zero attached hydrogens (tertiary/aromatic N) is 1. The number of methoxy groups -OCH3 is 2. The van der Waals surface area contributed by atoms with Crippen molar-refractivity contribution in [2.45, 2.75) is 19.8 Å². The lowest BCUT2D eigenvalue weighted by Gasteiger charge is -2.30. The SMILES string of the molecule is CCOC(=O)[C@H]1CCCN(CC(=O)Nc2ccc(OC)c(OC)c2)C1. The third kappa shape index (κ3) is 5.35. The smallest absolute Gasteiger partial charge is 0.310 e. The number of benzene rings is 1. The maximum absolute atomic E-state index is 12.3. The van der Waals surface area contributed by atoms with Crippen LogP contribution in [0.3, 0.4) is 0 Å². The predicted molar refractivity (Wildman–Crippen MR) is 94.0 cm³/mol. The minimum Gasteiger partial charge on any atom is -0.493 e. The van der Waals surface area contributed by atoms with Crippen molar-refractivity contribution >= 4 is 17.6 Å². The zero-order chi connectivity index (χ0) is 18.2. The molecule has 0 bridgehead atoms. The van der Waals surface area contributed by atoms with Gasteiger partial charge in [0.2, 0.25) is 5.91 Å². The average Bonchev–Trinajstić information content (AvgIpc) is 2.62. The normalized spacial score (nSPS) is 17.6. The molecular weight excluding hydrogens is 324 g/mol. The van der Waals surface area contributed by atoms with Gasteiger partial charge in [-0.25, -0.2) is 0 Å². The number of carbonyl (C=O) groups is 2. The summed E-state index contributed by atoms with van der Waals surface area (Å²) in [6.45, 7) is 3.78. The van der Waals surface area contributed by atoms with Crippen LogP contribution in [0.4, 0.5) is 5.69 Å². The van der Waals surface area contributed by atoms with E-state index in [0.717, 1.165) is 19.4 Å². The highest BCUT2D eigenvalue weighted by Crippen LogP contribution is 2.29. The van der Waals surface area contributed by atoms with Gasteiger partial charge in [0, 0.05) is 18.3 Å². The standard InChI is InChI=1S/C18H26N2O5/c1-4-25-18(22)13-6-5-9-20(11-13)12-17(21)19-14-7-8-15(23-2)16(10-14)24-3/h7-8,10,13H,4-6,9,11-12H2,1-3H3,(H,19,21)/t13-/m0/s1. The molecule has 0 unspecified atom stereocenters. The number of likely N-dealkylation sites (tertiary alicyclic amines) is 1. The van der Waals surface area contributed by atoms with Crippen molar-refractivity contribution < 1.29 is 23.8 Å². The quantitative estimate of drug-likeness (QED) is 0.757. The number of amides is 1. The van der Waals surface area contributed by atoms with Crippen LogP contribution in [-0.2, 0) is 14.3 Å². The summed E-state index contributed by atoms with van der Waals surface area (Å²) in [6.07, 6.45) is 1.69. The summed E-state index contributed by atoms with van der Waals surface area (Å²) in [5.74, 6) is 0.710. The lowest BCUT2D eigenvalue weighted by Crippen LogP contribution is -2.43. The van der Waals surface area contributed by atoms with Gasteiger partial charge in [0.1, 0.15) is 0 Å². The van der Waals surface area contributed by atoms with Gasteiger partial charge in [-0.05, 0) is 38.4 Å². The molecule has 1 fully saturated rings. The highest BCUT2D eigenvalue weighted by molar-refractivity contribution is 5.92. The summed E-state index contributed by atoms with van der Waals surface area (Å²) < 4.78 is 15.5. The molecule has 7 heteroatoms. The van der Waals surface area contributed by atoms with E-state index < -0.39 is 0 Å². The van der Waals surface area contributed by atoms with Crippen LogP contribution in [0.5, 0.6) is 11.5 Å². The molecule has 1 aromatic rings. The third-order valence-corrected chi connectivity index (χ3v) is 4.16. The second-order valence-corrected chi connectivity index (χ2v) is 5.94. The predicted octanol–water partition coefficient (Wildman–Crippen LogP) is 1.92. The molecular formula is C18H26N2O5. The van der Waals surface area contributed by atoms with Crippen LogP contribution in [0.25, 0.3) is 0 Å². The van der Waals surface area contributed by atoms with Gasteiger partial charge in [-0.2, -0.15) is 0 Å². The molecule has 1 aliphatic heterocycles. The second kappa shape index (κ2) is 9.27. The Labute approximate surface area is 148 Å². The molecule has 0 aromatic heterocycles. The van der Waals surface area contributed by atoms with E-state index in [1.165, 1.54) is 0 Å². The van der Waals surface area contributed by atoms with Gasteiger partial charge >= 0.3 is 5.97 Å². The van der Waals surface area contributed by atoms with Crippen molar-refractivity contribution in [3.63, 3.8) is 0 Å². The Hall–Kier alpha value is -2.28. The molecule has 1 N–H and O–H groups in total. The van der Waals surface area contributed by atoms with Gasteiger partial charge in [-0.15, -0.1) is 0 Å². The zero-order valence-corrected chi connectivity index (χ0v) is 15.0. The largest absolute Gasteiger partial charge is 0.493 e. The van der Waals surface area contributed by atoms with Crippen molar-refractivity contribution in [3.05, 3.63) is 18.2 Å². The number of rotatable bonds is 7. The number of nitrogens with one attached hydrogen (secondary N) is 1. The summed E-state index contributed by atoms with van der Waals surface area (Å²) in [7, 11) is 3.11. The van der Waals surface area contributed by atoms with Crippen molar-refractivity contribution in [1.29, 1.82) is 0 Å². The first kappa shape index (κ1) is 19.1. The van der Waals surface area contributed by atoms with Crippen molar-refractivity contribution in [2.75, 3.05) is 45.8 Å². The van der Waals surface area contributed by atoms with Crippen molar-refractivity contribution in [1.82, 2.24) is 4.90 Å². The van der Waals surface area contributed by atoms with E-state index in [1.807, 2.05) is 4.90 Å². The van der Waals surface area contributed by atoms with E-state index in [1.54, 1.807) is 39.3 Å². The molecule has 1 aliphatic rings. The van der Waals surface area contributed by atoms with E-state index in [2.05, 4.69) is 5.32 Å². The Balaban J connectivity index is 1.90. The number of esters is 1. The third-order valence-electron chi connectivity index (χ3n) is 4.16. The minimum absolute atomic E-state index is 0.128. The summed E-state index contributed by atoms with van der Waals surface area (Å²) in [5, 5.41) is 2.85. The molecule has 2 rings (SSSR count). The zero-order valence-electron chi connectivity index (χ0n) is 15.0. The first-order chi connectivity index (χ1) is 12.1. The Kier molecular flexibility index (Phi) is 7.06. The van der Waals surface area contributed by atoms with Crippen molar-refractivity contribution in [3.8, 4) is 11.5 Å². The number of carbonyl (C=O) groups excluding carboxylic acids is 2. The molecule has 138 valence electrons. The van der Waals surface area contributed by atoms with Gasteiger partial charge in [-0.3, -0.25) is 14.5 Å². The van der Waals surface area contributed by atoms with Gasteiger partial charge < -0.3 is 19.5 Å². The summed E-state index contributed by atoms with van der Waals surface area (Å²) >= 11 is 0. The van der Waals surface area contributed by atoms with E-state index >= 15 is 0 Å². The van der Waals surface area contributed by atoms with Crippen molar-refractivity contribution in [2.24, 2.45) is 5.92 Å². The fourth-order valence-corrected chi connectivity index (χ4v) is 2.97. The molecule has 7 nitrogen and oxygen atoms in total. The van der Waals surface area contributed by atoms with Crippen LogP contribution in [0.1, 0.15) is 19.8 Å². The van der Waals surface area contributed by atoms with E-state index in [9.17, 15) is 9.59 Å². The first-order valence-electron chi connectivity index (χ1n) is 8.48. The Morgan fingerprint density at radius 3 is 2.68 bits per heavy atom. The molecule has 0 spiro atoms. The van der Waals surface area contributed by atoms with Gasteiger partial charge in [0.15, 0.2) is 11.5 Å². The van der Waals surface area contributed by atoms with E-state index in [-0.39, 0.29) is 24.3 Å². The maximum Gasteiger partial charge on any atom is 0.310 e. The van der Waals surface area contributed by atoms with Gasteiger partial charge in [0.05, 0.1) is 33.3 Å². The monoisotopic (exact) mass is 350 g/mol. The van der Waals surface area contributed by atoms with Crippen LogP contribution in [0.15, 0.2) is 18.2 Å². The highest BCUT2D eigenvalue weighted by Gasteiger charge is 2.27. The van der Waals surface area contributed by atoms with E-state index in [4.69, 9.17) is 14.2 Å². The number of ether oxygens (including phenoxy) is 3. The molecule has 0 saturated carbocycles. The maximum atomic E-state index is 12.3. The molecule has 1 aromatic carbocycles. The van der Waals surface area contributed by atoms with E-state index in [0.29, 0.717) is 30.3 Å². The lowest BCUT2D eigenvalue weighted by molar-refractivity contribution is -0.150. The summed E-state index contributed by atoms with van der Waals surface area (Å²) in [4.78, 5) is 26.2. The lowest BCUT2D eigenvalue weighted by atomic mass is 9.98. The van der Waals surface area contributed by atoms with Gasteiger partial charge in [0.25, 0.3) is 0 Å². The summed E-state index contributed by atoms with van der Waals surface area (Å²) in [6, 6.07) is 5.22. The number of hydrogen-bond donors (Lipinski definition) is 1. The minimum atomic E-state index is -0.174. The molecule has 1 heterocycles. The Bertz CT molecular complexity index is 605. The van der Waals surface area contributed by atoms with Crippen LogP contribution in [0, 0.1) is 5.92 Å².